The van der Waals surface area contributed by atoms with Gasteiger partial charge in [-0.05, 0) is 63.7 Å². The third-order valence-electron chi connectivity index (χ3n) is 8.82. The second kappa shape index (κ2) is 23.4. The number of carbonyl (C=O) groups excluding carboxylic acids is 3. The van der Waals surface area contributed by atoms with Gasteiger partial charge in [0.2, 0.25) is 5.69 Å². The Morgan fingerprint density at radius 2 is 1.38 bits per heavy atom. The van der Waals surface area contributed by atoms with Gasteiger partial charge in [0.05, 0.1) is 32.1 Å². The molecule has 0 aliphatic rings. The number of ether oxygens (including phenoxy) is 3. The zero-order valence-electron chi connectivity index (χ0n) is 30.1. The van der Waals surface area contributed by atoms with Crippen molar-refractivity contribution < 1.29 is 28.6 Å². The van der Waals surface area contributed by atoms with Crippen molar-refractivity contribution in [1.29, 1.82) is 0 Å². The van der Waals surface area contributed by atoms with Crippen LogP contribution in [0.4, 0.5) is 0 Å². The van der Waals surface area contributed by atoms with Crippen LogP contribution in [0.3, 0.4) is 0 Å². The topological polar surface area (TPSA) is 140 Å². The number of alkyl halides is 1. The van der Waals surface area contributed by atoms with Crippen molar-refractivity contribution >= 4 is 29.5 Å². The Morgan fingerprint density at radius 3 is 1.98 bits per heavy atom. The van der Waals surface area contributed by atoms with Gasteiger partial charge in [0, 0.05) is 11.9 Å². The van der Waals surface area contributed by atoms with Crippen LogP contribution in [0, 0.1) is 11.8 Å². The fourth-order valence-corrected chi connectivity index (χ4v) is 5.57. The highest BCUT2D eigenvalue weighted by molar-refractivity contribution is 6.20. The molecule has 0 aliphatic carbocycles. The van der Waals surface area contributed by atoms with Gasteiger partial charge in [0.1, 0.15) is 0 Å². The third-order valence-corrected chi connectivity index (χ3v) is 9.30. The maximum atomic E-state index is 13.3. The Bertz CT molecular complexity index is 1220. The molecule has 0 N–H and O–H groups in total. The van der Waals surface area contributed by atoms with E-state index >= 15 is 0 Å². The average Bonchev–Trinajstić information content (AvgIpc) is 3.76. The Balaban J connectivity index is 1.92. The van der Waals surface area contributed by atoms with Gasteiger partial charge < -0.3 is 14.2 Å². The lowest BCUT2D eigenvalue weighted by Gasteiger charge is -2.16. The predicted molar refractivity (Wildman–Crippen MR) is 185 cm³/mol. The summed E-state index contributed by atoms with van der Waals surface area (Å²) in [5.74, 6) is -1.25. The van der Waals surface area contributed by atoms with Crippen molar-refractivity contribution in [2.75, 3.05) is 19.8 Å². The molecule has 0 aromatic carbocycles. The molecule has 0 spiro atoms. The highest BCUT2D eigenvalue weighted by Crippen LogP contribution is 2.20. The number of esters is 3. The first-order valence-electron chi connectivity index (χ1n) is 18.2. The van der Waals surface area contributed by atoms with Crippen LogP contribution in [0.15, 0.2) is 6.20 Å². The third kappa shape index (κ3) is 14.2. The number of hydrogen-bond acceptors (Lipinski definition) is 10. The van der Waals surface area contributed by atoms with E-state index in [1.807, 2.05) is 13.8 Å². The molecule has 48 heavy (non-hydrogen) atoms. The lowest BCUT2D eigenvalue weighted by atomic mass is 10.0. The minimum Gasteiger partial charge on any atom is -0.461 e. The van der Waals surface area contributed by atoms with Crippen LogP contribution in [0.2, 0.25) is 0 Å². The zero-order chi connectivity index (χ0) is 35.3. The molecule has 2 heterocycles. The van der Waals surface area contributed by atoms with Gasteiger partial charge >= 0.3 is 17.9 Å². The molecule has 0 saturated heterocycles. The van der Waals surface area contributed by atoms with Crippen LogP contribution in [0.5, 0.6) is 0 Å². The van der Waals surface area contributed by atoms with E-state index in [9.17, 15) is 14.4 Å². The zero-order valence-corrected chi connectivity index (χ0v) is 30.9. The van der Waals surface area contributed by atoms with Gasteiger partial charge in [-0.25, -0.2) is 23.7 Å². The number of unbranched alkanes of at least 4 members (excludes halogenated alkanes) is 5. The number of halogens is 1. The Kier molecular flexibility index (Phi) is 20.0. The fourth-order valence-electron chi connectivity index (χ4n) is 5.32. The van der Waals surface area contributed by atoms with Crippen LogP contribution in [0.25, 0.3) is 0 Å². The Morgan fingerprint density at radius 1 is 0.750 bits per heavy atom. The van der Waals surface area contributed by atoms with Crippen LogP contribution < -0.4 is 0 Å². The summed E-state index contributed by atoms with van der Waals surface area (Å²) < 4.78 is 19.8. The summed E-state index contributed by atoms with van der Waals surface area (Å²) in [5, 5.41) is 16.3. The summed E-state index contributed by atoms with van der Waals surface area (Å²) in [5.41, 5.74) is 0.115. The first kappa shape index (κ1) is 41.2. The molecule has 4 atom stereocenters. The molecule has 2 aromatic rings. The van der Waals surface area contributed by atoms with Gasteiger partial charge in [0.25, 0.3) is 0 Å². The number of aromatic nitrogens is 6. The molecule has 0 bridgehead atoms. The van der Waals surface area contributed by atoms with Gasteiger partial charge in [-0.1, -0.05) is 90.0 Å². The Hall–Kier alpha value is -3.02. The van der Waals surface area contributed by atoms with Crippen molar-refractivity contribution in [3.63, 3.8) is 0 Å². The molecular weight excluding hydrogens is 636 g/mol. The number of hydrogen-bond donors (Lipinski definition) is 0. The molecule has 2 aromatic heterocycles. The quantitative estimate of drug-likeness (QED) is 0.0412. The van der Waals surface area contributed by atoms with E-state index in [4.69, 9.17) is 25.8 Å². The van der Waals surface area contributed by atoms with Crippen molar-refractivity contribution in [3.05, 3.63) is 23.3 Å². The van der Waals surface area contributed by atoms with E-state index in [-0.39, 0.29) is 60.2 Å². The molecule has 0 fully saturated rings. The van der Waals surface area contributed by atoms with Gasteiger partial charge in [-0.2, -0.15) is 0 Å². The normalized spacial score (nSPS) is 13.9. The minimum atomic E-state index is -0.651. The van der Waals surface area contributed by atoms with Crippen molar-refractivity contribution in [1.82, 2.24) is 30.0 Å². The summed E-state index contributed by atoms with van der Waals surface area (Å²) in [6, 6.07) is 0.0265. The van der Waals surface area contributed by atoms with Crippen LogP contribution in [0.1, 0.15) is 169 Å². The second-order valence-corrected chi connectivity index (χ2v) is 13.4. The van der Waals surface area contributed by atoms with E-state index in [1.165, 1.54) is 4.68 Å². The van der Waals surface area contributed by atoms with E-state index < -0.39 is 17.9 Å². The van der Waals surface area contributed by atoms with E-state index in [1.54, 1.807) is 10.9 Å². The molecule has 0 aliphatic heterocycles. The largest absolute Gasteiger partial charge is 0.461 e. The SMILES string of the molecule is CCCCC(CC)COC(=O)c1nnn(CCCCCCOC(=O)c2cn(C(C)CC(Cl)CC)nn2)c1C(=O)OCC(CC)CCCC. The highest BCUT2D eigenvalue weighted by atomic mass is 35.5. The maximum absolute atomic E-state index is 13.3. The van der Waals surface area contributed by atoms with E-state index in [0.29, 0.717) is 19.4 Å². The smallest absolute Gasteiger partial charge is 0.361 e. The van der Waals surface area contributed by atoms with Crippen LogP contribution in [-0.2, 0) is 20.8 Å². The summed E-state index contributed by atoms with van der Waals surface area (Å²) in [7, 11) is 0. The van der Waals surface area contributed by atoms with Crippen LogP contribution in [-0.4, -0.2) is 73.1 Å². The lowest BCUT2D eigenvalue weighted by molar-refractivity contribution is 0.0369. The lowest BCUT2D eigenvalue weighted by Crippen LogP contribution is -2.22. The predicted octanol–water partition coefficient (Wildman–Crippen LogP) is 8.00. The molecule has 2 rings (SSSR count). The molecule has 13 heteroatoms. The molecule has 0 saturated carbocycles. The standard InChI is InChI=1S/C35H59ClN6O6/c1-7-12-18-27(9-3)24-47-34(44)31-32(35(45)48-25-28(10-4)19-13-8-2)41(40-38-31)20-16-14-15-17-21-46-33(43)30-23-42(39-37-30)26(6)22-29(36)11-5/h23,26-29H,7-22,24-25H2,1-6H3. The second-order valence-electron chi connectivity index (χ2n) is 12.8. The summed E-state index contributed by atoms with van der Waals surface area (Å²) in [6.45, 7) is 13.7. The fraction of sp³-hybridized carbons (Fsp3) is 0.800. The number of aryl methyl sites for hydroxylation is 1. The minimum absolute atomic E-state index is 0.0265. The molecule has 0 amide bonds. The summed E-state index contributed by atoms with van der Waals surface area (Å²) in [6.07, 6.45) is 14.2. The highest BCUT2D eigenvalue weighted by Gasteiger charge is 2.29. The number of nitrogens with zero attached hydrogens (tertiary/aromatic N) is 6. The maximum Gasteiger partial charge on any atom is 0.361 e. The summed E-state index contributed by atoms with van der Waals surface area (Å²) in [4.78, 5) is 38.9. The summed E-state index contributed by atoms with van der Waals surface area (Å²) >= 11 is 6.25. The van der Waals surface area contributed by atoms with Gasteiger partial charge in [0.15, 0.2) is 11.4 Å². The van der Waals surface area contributed by atoms with Crippen molar-refractivity contribution in [3.8, 4) is 0 Å². The molecule has 4 unspecified atom stereocenters. The number of rotatable bonds is 26. The van der Waals surface area contributed by atoms with Gasteiger partial charge in [-0.15, -0.1) is 21.8 Å². The van der Waals surface area contributed by atoms with E-state index in [2.05, 4.69) is 48.3 Å². The monoisotopic (exact) mass is 694 g/mol. The first-order valence-corrected chi connectivity index (χ1v) is 18.6. The van der Waals surface area contributed by atoms with Gasteiger partial charge in [-0.3, -0.25) is 0 Å². The van der Waals surface area contributed by atoms with Crippen LogP contribution >= 0.6 is 11.6 Å². The first-order chi connectivity index (χ1) is 23.2. The molecular formula is C35H59ClN6O6. The average molecular weight is 695 g/mol. The molecule has 12 nitrogen and oxygen atoms in total. The molecule has 272 valence electrons. The van der Waals surface area contributed by atoms with Crippen molar-refractivity contribution in [2.24, 2.45) is 11.8 Å². The molecule has 0 radical (unpaired) electrons. The number of carbonyl (C=O) groups is 3. The van der Waals surface area contributed by atoms with Crippen molar-refractivity contribution in [2.45, 2.75) is 149 Å². The van der Waals surface area contributed by atoms with E-state index in [0.717, 1.165) is 77.0 Å². The Labute approximate surface area is 292 Å².